The maximum Gasteiger partial charge on any atom is 0.326 e. The first kappa shape index (κ1) is 87.9. The lowest BCUT2D eigenvalue weighted by molar-refractivity contribution is -0.143. The van der Waals surface area contributed by atoms with Crippen LogP contribution in [-0.4, -0.2) is 198 Å². The molecule has 4 aromatic rings. The third-order valence-electron chi connectivity index (χ3n) is 17.6. The Morgan fingerprint density at radius 1 is 0.402 bits per heavy atom. The van der Waals surface area contributed by atoms with Gasteiger partial charge in [-0.1, -0.05) is 129 Å². The second-order valence-corrected chi connectivity index (χ2v) is 27.2. The van der Waals surface area contributed by atoms with Gasteiger partial charge in [-0.15, -0.1) is 0 Å². The molecule has 0 bridgehead atoms. The van der Waals surface area contributed by atoms with Gasteiger partial charge in [0.05, 0.1) is 19.4 Å². The van der Waals surface area contributed by atoms with Crippen molar-refractivity contribution in [3.8, 4) is 5.75 Å². The molecule has 0 aliphatic heterocycles. The molecular weight excluding hydrogens is 1390 g/mol. The summed E-state index contributed by atoms with van der Waals surface area (Å²) >= 11 is 0. The summed E-state index contributed by atoms with van der Waals surface area (Å²) in [5.41, 5.74) is 2.29. The number of aromatic nitrogens is 1. The van der Waals surface area contributed by atoms with Crippen LogP contribution < -0.4 is 63.8 Å². The Balaban J connectivity index is 1.48. The maximum atomic E-state index is 14.6. The number of carbonyl (C=O) groups excluding carboxylic acids is 12. The lowest BCUT2D eigenvalue weighted by Gasteiger charge is -2.30. The van der Waals surface area contributed by atoms with Crippen molar-refractivity contribution >= 4 is 106 Å². The molecule has 18 N–H and O–H groups in total. The molecule has 0 spiro atoms. The topological polar surface area (TPSA) is 534 Å². The molecule has 0 aliphatic carbocycles. The summed E-state index contributed by atoms with van der Waals surface area (Å²) in [6.45, 7) is 14.9. The van der Waals surface area contributed by atoms with Gasteiger partial charge in [0.2, 0.25) is 70.9 Å². The van der Waals surface area contributed by atoms with E-state index >= 15 is 0 Å². The van der Waals surface area contributed by atoms with E-state index in [9.17, 15) is 97.1 Å². The standard InChI is InChI=1S/C73H101N13O21/c1-11-39(7)61(71(104)83-54(73(106)107)33-45-35-74-48-21-17-16-20-47(45)48)86-72(105)62(40(8)12-2)85-69(102)53(34-59(94)95)81-67(100)50(30-37(3)4)79-56(89)36-75-63(96)41(9)76-66(99)51(31-43-18-14-13-15-19-43)80-68(101)52(32-44-22-24-46(87)25-23-44)82-70(103)60(38(5)6)84-64(97)42(10)77-65(98)49(26-28-57(90)91)78-55(88)27-29-58(92)93/h13-25,35,37-42,49-54,60-62,74,87H,11-12,26-34,36H2,1-10H3,(H,75,96)(H,76,99)(H,77,98)(H,78,88)(H,79,89)(H,80,101)(H,81,100)(H,82,103)(H,83,104)(H,84,97)(H,85,102)(H,86,105)(H,90,91)(H,92,93)(H,94,95)(H,106,107)/t39-,40-,41-,42-,49-,50-,51-,52-,53-,54-,60-,61-,62-/m0/s1. The highest BCUT2D eigenvalue weighted by atomic mass is 16.4. The molecule has 107 heavy (non-hydrogen) atoms. The molecule has 0 saturated heterocycles. The average Bonchev–Trinajstić information content (AvgIpc) is 1.78. The zero-order valence-electron chi connectivity index (χ0n) is 61.5. The summed E-state index contributed by atoms with van der Waals surface area (Å²) in [6.07, 6.45) is -1.57. The van der Waals surface area contributed by atoms with Crippen LogP contribution in [0.3, 0.4) is 0 Å². The van der Waals surface area contributed by atoms with Crippen molar-refractivity contribution in [3.05, 3.63) is 102 Å². The summed E-state index contributed by atoms with van der Waals surface area (Å²) in [7, 11) is 0. The summed E-state index contributed by atoms with van der Waals surface area (Å²) < 4.78 is 0. The minimum Gasteiger partial charge on any atom is -0.508 e. The second kappa shape index (κ2) is 43.1. The third kappa shape index (κ3) is 29.5. The van der Waals surface area contributed by atoms with Crippen molar-refractivity contribution in [2.45, 2.75) is 206 Å². The van der Waals surface area contributed by atoms with Crippen LogP contribution in [-0.2, 0) is 96.0 Å². The van der Waals surface area contributed by atoms with Gasteiger partial charge in [-0.2, -0.15) is 0 Å². The highest BCUT2D eigenvalue weighted by molar-refractivity contribution is 6.00. The zero-order valence-corrected chi connectivity index (χ0v) is 61.5. The number of carboxylic acid groups (broad SMARTS) is 4. The van der Waals surface area contributed by atoms with Gasteiger partial charge in [-0.05, 0) is 85.3 Å². The van der Waals surface area contributed by atoms with E-state index in [1.165, 1.54) is 38.1 Å². The average molecular weight is 1500 g/mol. The first-order valence-electron chi connectivity index (χ1n) is 35.3. The van der Waals surface area contributed by atoms with Gasteiger partial charge in [0.25, 0.3) is 0 Å². The van der Waals surface area contributed by atoms with Gasteiger partial charge in [-0.3, -0.25) is 71.9 Å². The smallest absolute Gasteiger partial charge is 0.326 e. The molecule has 3 aromatic carbocycles. The molecule has 34 nitrogen and oxygen atoms in total. The number of rotatable bonds is 45. The Morgan fingerprint density at radius 2 is 0.860 bits per heavy atom. The molecule has 0 aliphatic rings. The minimum atomic E-state index is -1.85. The molecule has 1 aromatic heterocycles. The number of carboxylic acids is 4. The Morgan fingerprint density at radius 3 is 1.41 bits per heavy atom. The van der Waals surface area contributed by atoms with E-state index in [0.717, 1.165) is 10.9 Å². The number of phenols is 1. The minimum absolute atomic E-state index is 0.0876. The number of phenolic OH excluding ortho intramolecular Hbond substituents is 1. The molecule has 34 heteroatoms. The lowest BCUT2D eigenvalue weighted by atomic mass is 9.94. The van der Waals surface area contributed by atoms with Crippen molar-refractivity contribution in [1.82, 2.24) is 68.8 Å². The van der Waals surface area contributed by atoms with E-state index < -0.39 is 218 Å². The number of nitrogens with one attached hydrogen (secondary N) is 13. The quantitative estimate of drug-likeness (QED) is 0.0286. The van der Waals surface area contributed by atoms with Crippen LogP contribution >= 0.6 is 0 Å². The molecule has 1 heterocycles. The molecule has 584 valence electrons. The first-order valence-corrected chi connectivity index (χ1v) is 35.3. The van der Waals surface area contributed by atoms with Crippen LogP contribution in [0.4, 0.5) is 0 Å². The monoisotopic (exact) mass is 1500 g/mol. The van der Waals surface area contributed by atoms with Crippen LogP contribution in [0.15, 0.2) is 85.1 Å². The van der Waals surface area contributed by atoms with E-state index in [0.29, 0.717) is 23.1 Å². The molecule has 4 rings (SSSR count). The van der Waals surface area contributed by atoms with E-state index in [1.807, 2.05) is 6.07 Å². The number of carbonyl (C=O) groups is 16. The number of hydrogen-bond donors (Lipinski definition) is 18. The molecule has 0 saturated carbocycles. The predicted octanol–water partition coefficient (Wildman–Crippen LogP) is 0.473. The second-order valence-electron chi connectivity index (χ2n) is 27.2. The number of H-pyrrole nitrogens is 1. The van der Waals surface area contributed by atoms with Gasteiger partial charge in [0.1, 0.15) is 72.2 Å². The molecular formula is C73H101N13O21. The lowest BCUT2D eigenvalue weighted by Crippen LogP contribution is -2.61. The Hall–Kier alpha value is -11.5. The van der Waals surface area contributed by atoms with Crippen LogP contribution in [0.2, 0.25) is 0 Å². The Labute approximate surface area is 618 Å². The van der Waals surface area contributed by atoms with Gasteiger partial charge in [0, 0.05) is 49.2 Å². The van der Waals surface area contributed by atoms with E-state index in [1.54, 1.807) is 110 Å². The molecule has 0 unspecified atom stereocenters. The molecule has 13 atom stereocenters. The number of aliphatic carboxylic acids is 4. The van der Waals surface area contributed by atoms with Crippen LogP contribution in [0.1, 0.15) is 137 Å². The number of amides is 12. The van der Waals surface area contributed by atoms with Crippen LogP contribution in [0, 0.1) is 23.7 Å². The number of benzene rings is 3. The molecule has 0 radical (unpaired) electrons. The maximum absolute atomic E-state index is 14.6. The largest absolute Gasteiger partial charge is 0.508 e. The highest BCUT2D eigenvalue weighted by Gasteiger charge is 2.39. The number of fused-ring (bicyclic) bond motifs is 1. The number of aromatic amines is 1. The van der Waals surface area contributed by atoms with Gasteiger partial charge < -0.3 is 94.3 Å². The van der Waals surface area contributed by atoms with Crippen molar-refractivity contribution < 1.29 is 102 Å². The van der Waals surface area contributed by atoms with E-state index in [4.69, 9.17) is 5.11 Å². The highest BCUT2D eigenvalue weighted by Crippen LogP contribution is 2.21. The summed E-state index contributed by atoms with van der Waals surface area (Å²) in [4.78, 5) is 217. The van der Waals surface area contributed by atoms with Crippen molar-refractivity contribution in [2.75, 3.05) is 6.54 Å². The fourth-order valence-corrected chi connectivity index (χ4v) is 11.1. The normalized spacial score (nSPS) is 14.8. The summed E-state index contributed by atoms with van der Waals surface area (Å²) in [5.74, 6) is -19.2. The van der Waals surface area contributed by atoms with Crippen LogP contribution in [0.25, 0.3) is 10.9 Å². The SMILES string of the molecule is CC[C@H](C)[C@H](NC(=O)[C@H](CC(=O)O)NC(=O)[C@H](CC(C)C)NC(=O)CNC(=O)[C@H](C)NC(=O)[C@H](Cc1ccccc1)NC(=O)[C@H](Cc1ccc(O)cc1)NC(=O)[C@@H](NC(=O)[C@H](C)NC(=O)[C@H](CCC(=O)O)NC(=O)CCC(=O)O)C(C)C)C(=O)N[C@H](C(=O)N[C@@H](Cc1c[nH]c2ccccc12)C(=O)O)[C@@H](C)CC. The van der Waals surface area contributed by atoms with Gasteiger partial charge >= 0.3 is 23.9 Å². The van der Waals surface area contributed by atoms with Crippen molar-refractivity contribution in [3.63, 3.8) is 0 Å². The number of aromatic hydroxyl groups is 1. The van der Waals surface area contributed by atoms with Crippen molar-refractivity contribution in [1.29, 1.82) is 0 Å². The summed E-state index contributed by atoms with van der Waals surface area (Å²) in [5, 5.41) is 79.2. The Kier molecular flexibility index (Phi) is 35.4. The fourth-order valence-electron chi connectivity index (χ4n) is 11.1. The third-order valence-corrected chi connectivity index (χ3v) is 17.6. The Bertz CT molecular complexity index is 3790. The number of hydrogen-bond acceptors (Lipinski definition) is 17. The van der Waals surface area contributed by atoms with Gasteiger partial charge in [-0.25, -0.2) is 4.79 Å². The van der Waals surface area contributed by atoms with E-state index in [-0.39, 0.29) is 43.8 Å². The number of para-hydroxylation sites is 1. The van der Waals surface area contributed by atoms with Gasteiger partial charge in [0.15, 0.2) is 0 Å². The van der Waals surface area contributed by atoms with Crippen LogP contribution in [0.5, 0.6) is 5.75 Å². The molecule has 0 fully saturated rings. The first-order chi connectivity index (χ1) is 50.4. The van der Waals surface area contributed by atoms with E-state index in [2.05, 4.69) is 68.8 Å². The predicted molar refractivity (Wildman–Crippen MR) is 386 cm³/mol. The fraction of sp³-hybridized carbons (Fsp3) is 0.507. The van der Waals surface area contributed by atoms with Crippen molar-refractivity contribution in [2.24, 2.45) is 23.7 Å². The zero-order chi connectivity index (χ0) is 79.9. The summed E-state index contributed by atoms with van der Waals surface area (Å²) in [6, 6.07) is 4.78. The molecule has 12 amide bonds.